The Morgan fingerprint density at radius 1 is 0.862 bits per heavy atom. The van der Waals surface area contributed by atoms with E-state index in [9.17, 15) is 24.0 Å². The lowest BCUT2D eigenvalue weighted by atomic mass is 9.88. The molecule has 17 heteroatoms. The lowest BCUT2D eigenvalue weighted by Gasteiger charge is -2.36. The first-order valence-corrected chi connectivity index (χ1v) is 23.3. The summed E-state index contributed by atoms with van der Waals surface area (Å²) in [5.74, 6) is -2.03. The molecule has 3 N–H and O–H groups in total. The molecule has 5 aliphatic rings. The maximum atomic E-state index is 15.9. The minimum Gasteiger partial charge on any atom is -0.374 e. The summed E-state index contributed by atoms with van der Waals surface area (Å²) in [5, 5.41) is 10.3. The molecule has 3 aromatic carbocycles. The van der Waals surface area contributed by atoms with Crippen molar-refractivity contribution in [1.82, 2.24) is 29.7 Å². The number of benzene rings is 3. The molecule has 2 atom stereocenters. The number of carbonyl (C=O) groups is 5. The second-order valence-corrected chi connectivity index (χ2v) is 18.6. The van der Waals surface area contributed by atoms with Gasteiger partial charge >= 0.3 is 0 Å². The summed E-state index contributed by atoms with van der Waals surface area (Å²) >= 11 is 1.27. The number of halogens is 2. The summed E-state index contributed by atoms with van der Waals surface area (Å²) in [5.41, 5.74) is 5.35. The minimum absolute atomic E-state index is 0.00559. The topological polar surface area (TPSA) is 162 Å². The number of anilines is 3. The summed E-state index contributed by atoms with van der Waals surface area (Å²) < 4.78 is 33.2. The Kier molecular flexibility index (Phi) is 11.6. The predicted octanol–water partition coefficient (Wildman–Crippen LogP) is 6.80. The molecule has 0 aliphatic carbocycles. The minimum atomic E-state index is -1.06. The van der Waals surface area contributed by atoms with Crippen molar-refractivity contribution < 1.29 is 32.8 Å². The molecular weight excluding hydrogens is 853 g/mol. The van der Waals surface area contributed by atoms with E-state index in [1.807, 2.05) is 33.7 Å². The van der Waals surface area contributed by atoms with Gasteiger partial charge in [-0.3, -0.25) is 34.6 Å². The molecule has 0 radical (unpaired) electrons. The number of aromatic nitrogens is 3. The van der Waals surface area contributed by atoms with E-state index in [4.69, 9.17) is 0 Å². The van der Waals surface area contributed by atoms with Gasteiger partial charge in [-0.15, -0.1) is 11.3 Å². The van der Waals surface area contributed by atoms with Crippen molar-refractivity contribution in [2.24, 2.45) is 5.92 Å². The molecule has 0 bridgehead atoms. The zero-order chi connectivity index (χ0) is 44.8. The standard InChI is InChI=1S/C48H49F2N9O5S/c49-37-24-31(23-35-36(37)26-59(47(35)64)44(46(63)55-48-51-15-21-65-48)43-40-2-1-16-58(40)27-52-43)29-3-6-33(7-4-29)56-17-11-28(12-18-56)22-42(61)57-19-13-30(14-20-57)34-8-5-32(25-38(34)50)53-39-9-10-41(60)54-45(39)62/h3-8,15,21,23-25,27-28,30,39,44,53H,1-2,9-14,16-20,22,26H2,(H,51,55,63)(H,54,60,62)/t39-,44?/m0/s1. The number of imide groups is 1. The van der Waals surface area contributed by atoms with E-state index in [2.05, 4.69) is 30.8 Å². The van der Waals surface area contributed by atoms with Crippen LogP contribution in [0.4, 0.5) is 25.3 Å². The fourth-order valence-electron chi connectivity index (χ4n) is 10.2. The van der Waals surface area contributed by atoms with Gasteiger partial charge in [-0.2, -0.15) is 0 Å². The number of thiazole rings is 1. The number of imidazole rings is 1. The Balaban J connectivity index is 0.724. The van der Waals surface area contributed by atoms with E-state index < -0.39 is 35.6 Å². The van der Waals surface area contributed by atoms with Crippen LogP contribution in [0.2, 0.25) is 0 Å². The van der Waals surface area contributed by atoms with Crippen LogP contribution in [0.1, 0.15) is 96.2 Å². The summed E-state index contributed by atoms with van der Waals surface area (Å²) in [6, 6.07) is 14.3. The molecule has 10 rings (SSSR count). The number of amides is 5. The smallest absolute Gasteiger partial charge is 0.255 e. The highest BCUT2D eigenvalue weighted by atomic mass is 32.1. The highest BCUT2D eigenvalue weighted by Crippen LogP contribution is 2.39. The average molecular weight is 902 g/mol. The predicted molar refractivity (Wildman–Crippen MR) is 240 cm³/mol. The summed E-state index contributed by atoms with van der Waals surface area (Å²) in [4.78, 5) is 79.4. The molecule has 0 saturated carbocycles. The van der Waals surface area contributed by atoms with Crippen molar-refractivity contribution in [2.75, 3.05) is 41.7 Å². The zero-order valence-electron chi connectivity index (χ0n) is 35.7. The SMILES string of the molecule is O=C1CC[C@H](Nc2ccc(C3CCN(C(=O)CC4CCN(c5ccc(-c6cc(F)c7c(c6)C(=O)N(C(C(=O)Nc6nccs6)c6ncn8c6CCC8)C7)cc5)CC4)CC3)c(F)c2)C(=O)N1. The van der Waals surface area contributed by atoms with Crippen LogP contribution < -0.4 is 20.9 Å². The Morgan fingerprint density at radius 3 is 2.40 bits per heavy atom. The van der Waals surface area contributed by atoms with E-state index in [1.165, 1.54) is 28.4 Å². The number of nitrogens with one attached hydrogen (secondary N) is 3. The first-order chi connectivity index (χ1) is 31.6. The fourth-order valence-corrected chi connectivity index (χ4v) is 10.8. The van der Waals surface area contributed by atoms with Crippen molar-refractivity contribution in [3.8, 4) is 11.1 Å². The second-order valence-electron chi connectivity index (χ2n) is 17.7. The van der Waals surface area contributed by atoms with Crippen LogP contribution in [0.25, 0.3) is 11.1 Å². The molecular formula is C48H49F2N9O5S. The van der Waals surface area contributed by atoms with Gasteiger partial charge < -0.3 is 24.6 Å². The maximum absolute atomic E-state index is 15.9. The van der Waals surface area contributed by atoms with Crippen molar-refractivity contribution >= 4 is 57.4 Å². The number of hydrogen-bond acceptors (Lipinski definition) is 10. The van der Waals surface area contributed by atoms with Crippen molar-refractivity contribution in [3.05, 3.63) is 112 Å². The molecule has 5 amide bonds. The van der Waals surface area contributed by atoms with Gasteiger partial charge in [-0.25, -0.2) is 18.7 Å². The van der Waals surface area contributed by atoms with Crippen molar-refractivity contribution in [1.29, 1.82) is 0 Å². The van der Waals surface area contributed by atoms with Crippen molar-refractivity contribution in [3.63, 3.8) is 0 Å². The Hall–Kier alpha value is -6.49. The van der Waals surface area contributed by atoms with E-state index in [-0.39, 0.29) is 53.6 Å². The van der Waals surface area contributed by atoms with Gasteiger partial charge in [0.2, 0.25) is 17.7 Å². The summed E-state index contributed by atoms with van der Waals surface area (Å²) in [7, 11) is 0. The molecule has 7 heterocycles. The second kappa shape index (κ2) is 17.8. The average Bonchev–Trinajstić information content (AvgIpc) is 4.13. The number of aryl methyl sites for hydroxylation is 1. The molecule has 3 saturated heterocycles. The third kappa shape index (κ3) is 8.60. The van der Waals surface area contributed by atoms with Crippen LogP contribution in [-0.4, -0.2) is 86.1 Å². The molecule has 3 fully saturated rings. The largest absolute Gasteiger partial charge is 0.374 e. The summed E-state index contributed by atoms with van der Waals surface area (Å²) in [6.45, 7) is 3.46. The molecule has 1 unspecified atom stereocenters. The third-order valence-corrected chi connectivity index (χ3v) is 14.5. The highest BCUT2D eigenvalue weighted by Gasteiger charge is 2.42. The van der Waals surface area contributed by atoms with Gasteiger partial charge in [0.05, 0.1) is 18.6 Å². The lowest BCUT2D eigenvalue weighted by Crippen LogP contribution is -2.47. The zero-order valence-corrected chi connectivity index (χ0v) is 36.5. The number of fused-ring (bicyclic) bond motifs is 2. The number of likely N-dealkylation sites (tertiary alicyclic amines) is 1. The van der Waals surface area contributed by atoms with Gasteiger partial charge in [-0.05, 0) is 110 Å². The number of carbonyl (C=O) groups excluding carboxylic acids is 5. The molecule has 5 aliphatic heterocycles. The maximum Gasteiger partial charge on any atom is 0.255 e. The number of hydrogen-bond donors (Lipinski definition) is 3. The molecule has 2 aromatic heterocycles. The Labute approximate surface area is 378 Å². The van der Waals surface area contributed by atoms with Crippen LogP contribution in [0.15, 0.2) is 72.5 Å². The summed E-state index contributed by atoms with van der Waals surface area (Å²) in [6.07, 6.45) is 9.10. The van der Waals surface area contributed by atoms with Crippen LogP contribution >= 0.6 is 11.3 Å². The van der Waals surface area contributed by atoms with Crippen LogP contribution in [0.5, 0.6) is 0 Å². The van der Waals surface area contributed by atoms with Gasteiger partial charge in [0, 0.05) is 85.3 Å². The molecule has 14 nitrogen and oxygen atoms in total. The van der Waals surface area contributed by atoms with Crippen LogP contribution in [0.3, 0.4) is 0 Å². The van der Waals surface area contributed by atoms with Crippen molar-refractivity contribution in [2.45, 2.75) is 88.9 Å². The monoisotopic (exact) mass is 901 g/mol. The number of piperidine rings is 3. The quantitative estimate of drug-likeness (QED) is 0.121. The van der Waals surface area contributed by atoms with Gasteiger partial charge in [-0.1, -0.05) is 18.2 Å². The fraction of sp³-hybridized carbons (Fsp3) is 0.396. The van der Waals surface area contributed by atoms with Crippen LogP contribution in [-0.2, 0) is 38.7 Å². The first kappa shape index (κ1) is 42.5. The Morgan fingerprint density at radius 2 is 1.66 bits per heavy atom. The van der Waals surface area contributed by atoms with E-state index in [0.717, 1.165) is 62.3 Å². The Bertz CT molecular complexity index is 2660. The normalized spacial score (nSPS) is 19.6. The number of nitrogens with zero attached hydrogens (tertiary/aromatic N) is 6. The number of rotatable bonds is 11. The van der Waals surface area contributed by atoms with E-state index in [1.54, 1.807) is 36.1 Å². The lowest BCUT2D eigenvalue weighted by molar-refractivity contribution is -0.134. The van der Waals surface area contributed by atoms with Gasteiger partial charge in [0.15, 0.2) is 11.2 Å². The molecule has 65 heavy (non-hydrogen) atoms. The van der Waals surface area contributed by atoms with Gasteiger partial charge in [0.1, 0.15) is 17.7 Å². The first-order valence-electron chi connectivity index (χ1n) is 22.5. The third-order valence-electron chi connectivity index (χ3n) is 13.8. The molecule has 336 valence electrons. The van der Waals surface area contributed by atoms with E-state index in [0.29, 0.717) is 66.4 Å². The van der Waals surface area contributed by atoms with E-state index >= 15 is 8.78 Å². The van der Waals surface area contributed by atoms with Crippen LogP contribution in [0, 0.1) is 17.6 Å². The molecule has 5 aromatic rings. The van der Waals surface area contributed by atoms with Gasteiger partial charge in [0.25, 0.3) is 11.8 Å². The highest BCUT2D eigenvalue weighted by molar-refractivity contribution is 7.13. The molecule has 0 spiro atoms.